The fraction of sp³-hybridized carbons (Fsp3) is 0.720. The second-order valence-electron chi connectivity index (χ2n) is 9.42. The molecular formula is C25H39N3O2. The molecule has 3 aliphatic rings. The van der Waals surface area contributed by atoms with Gasteiger partial charge in [0, 0.05) is 43.3 Å². The van der Waals surface area contributed by atoms with Crippen LogP contribution in [0.5, 0.6) is 5.75 Å². The molecule has 1 aromatic carbocycles. The van der Waals surface area contributed by atoms with Crippen LogP contribution in [0, 0.1) is 0 Å². The molecule has 1 saturated carbocycles. The predicted molar refractivity (Wildman–Crippen MR) is 122 cm³/mol. The fourth-order valence-electron chi connectivity index (χ4n) is 5.39. The highest BCUT2D eigenvalue weighted by Crippen LogP contribution is 2.29. The molecule has 5 heteroatoms. The van der Waals surface area contributed by atoms with Crippen molar-refractivity contribution in [2.45, 2.75) is 89.3 Å². The highest BCUT2D eigenvalue weighted by atomic mass is 16.5. The minimum atomic E-state index is 0.249. The Bertz CT molecular complexity index is 671. The third kappa shape index (κ3) is 5.55. The zero-order chi connectivity index (χ0) is 20.8. The number of rotatable bonds is 9. The van der Waals surface area contributed by atoms with Crippen molar-refractivity contribution in [3.63, 3.8) is 0 Å². The van der Waals surface area contributed by atoms with Crippen LogP contribution < -0.4 is 15.0 Å². The van der Waals surface area contributed by atoms with Crippen LogP contribution in [-0.2, 0) is 4.79 Å². The first-order valence-corrected chi connectivity index (χ1v) is 12.2. The van der Waals surface area contributed by atoms with Crippen LogP contribution in [0.15, 0.2) is 24.3 Å². The van der Waals surface area contributed by atoms with E-state index in [-0.39, 0.29) is 11.9 Å². The topological polar surface area (TPSA) is 44.8 Å². The molecule has 0 aromatic heterocycles. The summed E-state index contributed by atoms with van der Waals surface area (Å²) in [5, 5.41) is 3.73. The van der Waals surface area contributed by atoms with E-state index in [1.807, 2.05) is 17.0 Å². The number of amides is 1. The standard InChI is InChI=1S/C25H39N3O2/c1-20-7-5-16-27(20)17-6-18-30-24-13-10-22(11-14-24)28-23(12-15-25(28)29)19-26-21-8-3-2-4-9-21/h10-11,13-14,20-21,23,26H,2-9,12,15-19H2,1H3. The largest absolute Gasteiger partial charge is 0.494 e. The second kappa shape index (κ2) is 10.6. The van der Waals surface area contributed by atoms with E-state index in [9.17, 15) is 4.79 Å². The van der Waals surface area contributed by atoms with Gasteiger partial charge in [0.25, 0.3) is 0 Å². The van der Waals surface area contributed by atoms with Crippen molar-refractivity contribution < 1.29 is 9.53 Å². The molecule has 2 saturated heterocycles. The van der Waals surface area contributed by atoms with E-state index in [0.29, 0.717) is 12.5 Å². The highest BCUT2D eigenvalue weighted by molar-refractivity contribution is 5.96. The number of hydrogen-bond donors (Lipinski definition) is 1. The van der Waals surface area contributed by atoms with Crippen molar-refractivity contribution >= 4 is 11.6 Å². The Morgan fingerprint density at radius 2 is 1.83 bits per heavy atom. The van der Waals surface area contributed by atoms with Gasteiger partial charge >= 0.3 is 0 Å². The van der Waals surface area contributed by atoms with Crippen molar-refractivity contribution in [1.82, 2.24) is 10.2 Å². The molecule has 30 heavy (non-hydrogen) atoms. The summed E-state index contributed by atoms with van der Waals surface area (Å²) in [6, 6.07) is 9.77. The number of anilines is 1. The number of nitrogens with one attached hydrogen (secondary N) is 1. The highest BCUT2D eigenvalue weighted by Gasteiger charge is 2.32. The molecule has 3 fully saturated rings. The van der Waals surface area contributed by atoms with E-state index in [1.54, 1.807) is 0 Å². The number of likely N-dealkylation sites (tertiary alicyclic amines) is 1. The molecule has 1 aliphatic carbocycles. The van der Waals surface area contributed by atoms with E-state index < -0.39 is 0 Å². The first kappa shape index (κ1) is 21.6. The van der Waals surface area contributed by atoms with Crippen molar-refractivity contribution in [1.29, 1.82) is 0 Å². The zero-order valence-corrected chi connectivity index (χ0v) is 18.7. The average Bonchev–Trinajstić information content (AvgIpc) is 3.36. The maximum absolute atomic E-state index is 12.5. The lowest BCUT2D eigenvalue weighted by molar-refractivity contribution is -0.117. The summed E-state index contributed by atoms with van der Waals surface area (Å²) in [5.41, 5.74) is 1.01. The maximum atomic E-state index is 12.5. The minimum absolute atomic E-state index is 0.249. The molecule has 5 nitrogen and oxygen atoms in total. The molecular weight excluding hydrogens is 374 g/mol. The molecule has 0 radical (unpaired) electrons. The van der Waals surface area contributed by atoms with Crippen LogP contribution in [0.2, 0.25) is 0 Å². The Labute approximate surface area is 182 Å². The van der Waals surface area contributed by atoms with E-state index >= 15 is 0 Å². The molecule has 2 heterocycles. The summed E-state index contributed by atoms with van der Waals surface area (Å²) in [6.07, 6.45) is 11.9. The van der Waals surface area contributed by atoms with Gasteiger partial charge in [-0.1, -0.05) is 19.3 Å². The molecule has 2 aliphatic heterocycles. The molecule has 2 atom stereocenters. The van der Waals surface area contributed by atoms with Gasteiger partial charge in [-0.2, -0.15) is 0 Å². The summed E-state index contributed by atoms with van der Waals surface area (Å²) < 4.78 is 5.96. The Hall–Kier alpha value is -1.59. The van der Waals surface area contributed by atoms with Gasteiger partial charge in [0.15, 0.2) is 0 Å². The molecule has 1 aromatic rings. The summed E-state index contributed by atoms with van der Waals surface area (Å²) in [7, 11) is 0. The Morgan fingerprint density at radius 3 is 2.57 bits per heavy atom. The van der Waals surface area contributed by atoms with Crippen molar-refractivity contribution in [2.24, 2.45) is 0 Å². The smallest absolute Gasteiger partial charge is 0.227 e. The monoisotopic (exact) mass is 413 g/mol. The van der Waals surface area contributed by atoms with Crippen molar-refractivity contribution in [3.8, 4) is 5.75 Å². The molecule has 0 spiro atoms. The number of ether oxygens (including phenoxy) is 1. The Balaban J connectivity index is 1.24. The quantitative estimate of drug-likeness (QED) is 0.611. The lowest BCUT2D eigenvalue weighted by Gasteiger charge is -2.29. The van der Waals surface area contributed by atoms with Crippen LogP contribution >= 0.6 is 0 Å². The van der Waals surface area contributed by atoms with Crippen LogP contribution in [0.3, 0.4) is 0 Å². The first-order valence-electron chi connectivity index (χ1n) is 12.2. The van der Waals surface area contributed by atoms with Crippen LogP contribution in [0.4, 0.5) is 5.69 Å². The average molecular weight is 414 g/mol. The van der Waals surface area contributed by atoms with Crippen LogP contribution in [0.25, 0.3) is 0 Å². The number of hydrogen-bond acceptors (Lipinski definition) is 4. The van der Waals surface area contributed by atoms with E-state index in [0.717, 1.165) is 50.0 Å². The number of benzene rings is 1. The SMILES string of the molecule is CC1CCCN1CCCOc1ccc(N2C(=O)CCC2CNC2CCCCC2)cc1. The molecule has 4 rings (SSSR count). The lowest BCUT2D eigenvalue weighted by atomic mass is 9.95. The minimum Gasteiger partial charge on any atom is -0.494 e. The van der Waals surface area contributed by atoms with Crippen molar-refractivity contribution in [2.75, 3.05) is 31.1 Å². The third-order valence-corrected chi connectivity index (χ3v) is 7.24. The van der Waals surface area contributed by atoms with Gasteiger partial charge in [0.2, 0.25) is 5.91 Å². The van der Waals surface area contributed by atoms with Gasteiger partial charge in [-0.15, -0.1) is 0 Å². The Kier molecular flexibility index (Phi) is 7.67. The maximum Gasteiger partial charge on any atom is 0.227 e. The molecule has 0 bridgehead atoms. The fourth-order valence-corrected chi connectivity index (χ4v) is 5.39. The number of carbonyl (C=O) groups is 1. The van der Waals surface area contributed by atoms with Gasteiger partial charge in [0.05, 0.1) is 6.61 Å². The lowest BCUT2D eigenvalue weighted by Crippen LogP contribution is -2.43. The van der Waals surface area contributed by atoms with Crippen molar-refractivity contribution in [3.05, 3.63) is 24.3 Å². The van der Waals surface area contributed by atoms with Gasteiger partial charge in [-0.05, 0) is 76.3 Å². The molecule has 2 unspecified atom stereocenters. The summed E-state index contributed by atoms with van der Waals surface area (Å²) in [5.74, 6) is 1.15. The zero-order valence-electron chi connectivity index (χ0n) is 18.7. The number of carbonyl (C=O) groups excluding carboxylic acids is 1. The van der Waals surface area contributed by atoms with E-state index in [4.69, 9.17) is 4.74 Å². The normalized spacial score (nSPS) is 25.9. The van der Waals surface area contributed by atoms with E-state index in [2.05, 4.69) is 29.3 Å². The van der Waals surface area contributed by atoms with Gasteiger partial charge in [-0.25, -0.2) is 0 Å². The number of nitrogens with zero attached hydrogens (tertiary/aromatic N) is 2. The molecule has 166 valence electrons. The van der Waals surface area contributed by atoms with Gasteiger partial charge < -0.3 is 19.9 Å². The first-order chi connectivity index (χ1) is 14.7. The van der Waals surface area contributed by atoms with E-state index in [1.165, 1.54) is 51.5 Å². The second-order valence-corrected chi connectivity index (χ2v) is 9.42. The Morgan fingerprint density at radius 1 is 1.03 bits per heavy atom. The van der Waals surface area contributed by atoms with Crippen LogP contribution in [0.1, 0.15) is 71.1 Å². The third-order valence-electron chi connectivity index (χ3n) is 7.24. The predicted octanol–water partition coefficient (Wildman–Crippen LogP) is 4.36. The van der Waals surface area contributed by atoms with Gasteiger partial charge in [-0.3, -0.25) is 4.79 Å². The van der Waals surface area contributed by atoms with Gasteiger partial charge in [0.1, 0.15) is 5.75 Å². The summed E-state index contributed by atoms with van der Waals surface area (Å²) >= 11 is 0. The molecule has 1 amide bonds. The summed E-state index contributed by atoms with van der Waals surface area (Å²) in [6.45, 7) is 6.33. The van der Waals surface area contributed by atoms with Crippen LogP contribution in [-0.4, -0.2) is 55.2 Å². The summed E-state index contributed by atoms with van der Waals surface area (Å²) in [4.78, 5) is 17.1. The molecule has 1 N–H and O–H groups in total.